The standard InChI is InChI=1S/C27H25N3O4S/c1-15-29-24(25(35-15)19-6-3-4-8-22(19)33-2)27(32)30-14-16-12-20(16)21(30)13-28-26(31)18-7-5-9-23-17(18)10-11-34-23/h3-11,16,20-21H,12-14H2,1-2H3,(H,28,31). The predicted octanol–water partition coefficient (Wildman–Crippen LogP) is 4.76. The number of aromatic nitrogens is 1. The van der Waals surface area contributed by atoms with Gasteiger partial charge in [-0.25, -0.2) is 4.98 Å². The lowest BCUT2D eigenvalue weighted by atomic mass is 10.1. The van der Waals surface area contributed by atoms with Crippen molar-refractivity contribution in [3.63, 3.8) is 0 Å². The van der Waals surface area contributed by atoms with E-state index in [0.29, 0.717) is 47.5 Å². The number of amides is 2. The Hall–Kier alpha value is -3.65. The summed E-state index contributed by atoms with van der Waals surface area (Å²) in [7, 11) is 1.63. The summed E-state index contributed by atoms with van der Waals surface area (Å²) in [5.41, 5.74) is 2.58. The van der Waals surface area contributed by atoms with Crippen molar-refractivity contribution in [2.45, 2.75) is 19.4 Å². The number of nitrogens with zero attached hydrogens (tertiary/aromatic N) is 2. The molecule has 0 radical (unpaired) electrons. The van der Waals surface area contributed by atoms with Crippen LogP contribution in [0.3, 0.4) is 0 Å². The third-order valence-electron chi connectivity index (χ3n) is 7.06. The molecule has 6 rings (SSSR count). The maximum Gasteiger partial charge on any atom is 0.274 e. The zero-order valence-electron chi connectivity index (χ0n) is 19.5. The Kier molecular flexibility index (Phi) is 5.33. The number of aryl methyl sites for hydroxylation is 1. The minimum absolute atomic E-state index is 0.0486. The second kappa shape index (κ2) is 8.53. The van der Waals surface area contributed by atoms with E-state index >= 15 is 0 Å². The summed E-state index contributed by atoms with van der Waals surface area (Å²) >= 11 is 1.50. The van der Waals surface area contributed by atoms with E-state index in [1.54, 1.807) is 25.5 Å². The van der Waals surface area contributed by atoms with Gasteiger partial charge in [0.05, 0.1) is 34.9 Å². The zero-order chi connectivity index (χ0) is 24.1. The third kappa shape index (κ3) is 3.78. The van der Waals surface area contributed by atoms with E-state index in [4.69, 9.17) is 9.15 Å². The van der Waals surface area contributed by atoms with Crippen LogP contribution in [-0.2, 0) is 0 Å². The average molecular weight is 488 g/mol. The Bertz CT molecular complexity index is 1440. The number of piperidine rings is 1. The maximum absolute atomic E-state index is 13.8. The molecule has 2 aromatic carbocycles. The van der Waals surface area contributed by atoms with Gasteiger partial charge >= 0.3 is 0 Å². The molecule has 0 spiro atoms. The normalized spacial score (nSPS) is 20.6. The fourth-order valence-electron chi connectivity index (χ4n) is 5.27. The second-order valence-electron chi connectivity index (χ2n) is 9.14. The average Bonchev–Trinajstić information content (AvgIpc) is 3.20. The molecule has 1 saturated carbocycles. The summed E-state index contributed by atoms with van der Waals surface area (Å²) in [6.07, 6.45) is 2.68. The summed E-state index contributed by atoms with van der Waals surface area (Å²) in [5.74, 6) is 1.38. The monoisotopic (exact) mass is 487 g/mol. The van der Waals surface area contributed by atoms with Crippen molar-refractivity contribution in [1.82, 2.24) is 15.2 Å². The molecule has 1 aliphatic heterocycles. The first kappa shape index (κ1) is 21.9. The van der Waals surface area contributed by atoms with Crippen molar-refractivity contribution in [3.8, 4) is 16.2 Å². The van der Waals surface area contributed by atoms with Crippen LogP contribution < -0.4 is 10.1 Å². The number of likely N-dealkylation sites (tertiary alicyclic amines) is 1. The molecule has 178 valence electrons. The van der Waals surface area contributed by atoms with Gasteiger partial charge in [-0.1, -0.05) is 18.2 Å². The van der Waals surface area contributed by atoms with Crippen LogP contribution in [0.2, 0.25) is 0 Å². The largest absolute Gasteiger partial charge is 0.496 e. The van der Waals surface area contributed by atoms with Crippen LogP contribution in [0.5, 0.6) is 5.75 Å². The molecule has 0 bridgehead atoms. The first-order valence-corrected chi connectivity index (χ1v) is 12.5. The summed E-state index contributed by atoms with van der Waals surface area (Å²) in [6.45, 7) is 3.02. The maximum atomic E-state index is 13.8. The highest BCUT2D eigenvalue weighted by Crippen LogP contribution is 2.50. The van der Waals surface area contributed by atoms with E-state index < -0.39 is 0 Å². The first-order valence-electron chi connectivity index (χ1n) is 11.7. The van der Waals surface area contributed by atoms with Crippen molar-refractivity contribution < 1.29 is 18.7 Å². The van der Waals surface area contributed by atoms with E-state index in [1.165, 1.54) is 11.3 Å². The molecule has 2 aromatic heterocycles. The van der Waals surface area contributed by atoms with Crippen molar-refractivity contribution in [3.05, 3.63) is 71.1 Å². The van der Waals surface area contributed by atoms with E-state index in [-0.39, 0.29) is 17.9 Å². The Morgan fingerprint density at radius 2 is 2.06 bits per heavy atom. The molecule has 2 amide bonds. The van der Waals surface area contributed by atoms with Crippen LogP contribution >= 0.6 is 11.3 Å². The summed E-state index contributed by atoms with van der Waals surface area (Å²) < 4.78 is 11.0. The molecule has 35 heavy (non-hydrogen) atoms. The molecule has 2 aliphatic rings. The number of carbonyl (C=O) groups excluding carboxylic acids is 2. The lowest BCUT2D eigenvalue weighted by Crippen LogP contribution is -2.45. The molecule has 3 unspecified atom stereocenters. The molecule has 4 aromatic rings. The van der Waals surface area contributed by atoms with E-state index in [2.05, 4.69) is 10.3 Å². The van der Waals surface area contributed by atoms with E-state index in [1.807, 2.05) is 48.2 Å². The number of carbonyl (C=O) groups is 2. The van der Waals surface area contributed by atoms with Crippen LogP contribution in [0.1, 0.15) is 32.3 Å². The molecule has 3 atom stereocenters. The van der Waals surface area contributed by atoms with Crippen LogP contribution in [0, 0.1) is 18.8 Å². The van der Waals surface area contributed by atoms with Gasteiger partial charge in [0.25, 0.3) is 11.8 Å². The molecular formula is C27H25N3O4S. The number of hydrogen-bond donors (Lipinski definition) is 1. The number of rotatable bonds is 6. The number of hydrogen-bond acceptors (Lipinski definition) is 6. The first-order chi connectivity index (χ1) is 17.0. The van der Waals surface area contributed by atoms with Gasteiger partial charge in [-0.15, -0.1) is 11.3 Å². The topological polar surface area (TPSA) is 84.7 Å². The zero-order valence-corrected chi connectivity index (χ0v) is 20.3. The molecule has 1 saturated heterocycles. The fraction of sp³-hybridized carbons (Fsp3) is 0.296. The number of nitrogens with one attached hydrogen (secondary N) is 1. The number of fused-ring (bicyclic) bond motifs is 2. The molecule has 2 fully saturated rings. The Morgan fingerprint density at radius 3 is 2.91 bits per heavy atom. The van der Waals surface area contributed by atoms with Gasteiger partial charge in [-0.2, -0.15) is 0 Å². The summed E-state index contributed by atoms with van der Waals surface area (Å²) in [6, 6.07) is 14.9. The number of thiazole rings is 1. The Labute approximate surface area is 206 Å². The fourth-order valence-corrected chi connectivity index (χ4v) is 6.21. The molecule has 1 N–H and O–H groups in total. The smallest absolute Gasteiger partial charge is 0.274 e. The van der Waals surface area contributed by atoms with Crippen LogP contribution in [0.15, 0.2) is 59.2 Å². The van der Waals surface area contributed by atoms with Crippen LogP contribution in [0.25, 0.3) is 21.4 Å². The third-order valence-corrected chi connectivity index (χ3v) is 8.07. The predicted molar refractivity (Wildman–Crippen MR) is 134 cm³/mol. The summed E-state index contributed by atoms with van der Waals surface area (Å²) in [4.78, 5) is 34.2. The van der Waals surface area contributed by atoms with Crippen LogP contribution in [0.4, 0.5) is 0 Å². The highest BCUT2D eigenvalue weighted by molar-refractivity contribution is 7.15. The quantitative estimate of drug-likeness (QED) is 0.424. The minimum Gasteiger partial charge on any atom is -0.496 e. The Morgan fingerprint density at radius 1 is 1.20 bits per heavy atom. The van der Waals surface area contributed by atoms with Crippen molar-refractivity contribution >= 4 is 34.1 Å². The second-order valence-corrected chi connectivity index (χ2v) is 10.3. The molecule has 7 nitrogen and oxygen atoms in total. The van der Waals surface area contributed by atoms with Crippen molar-refractivity contribution in [2.24, 2.45) is 11.8 Å². The van der Waals surface area contributed by atoms with Gasteiger partial charge in [0, 0.05) is 24.0 Å². The van der Waals surface area contributed by atoms with E-state index in [0.717, 1.165) is 27.3 Å². The minimum atomic E-state index is -0.160. The van der Waals surface area contributed by atoms with E-state index in [9.17, 15) is 9.59 Å². The SMILES string of the molecule is COc1ccccc1-c1sc(C)nc1C(=O)N1CC2CC2C1CNC(=O)c1cccc2occc12. The van der Waals surface area contributed by atoms with Gasteiger partial charge in [0.2, 0.25) is 0 Å². The highest BCUT2D eigenvalue weighted by Gasteiger charge is 2.54. The van der Waals surface area contributed by atoms with Gasteiger partial charge in [-0.05, 0) is 55.5 Å². The molecule has 3 heterocycles. The van der Waals surface area contributed by atoms with Gasteiger partial charge < -0.3 is 19.4 Å². The lowest BCUT2D eigenvalue weighted by molar-refractivity contribution is 0.0690. The number of ether oxygens (including phenoxy) is 1. The molecule has 8 heteroatoms. The Balaban J connectivity index is 1.24. The van der Waals surface area contributed by atoms with Gasteiger partial charge in [0.15, 0.2) is 0 Å². The number of furan rings is 1. The van der Waals surface area contributed by atoms with Crippen molar-refractivity contribution in [1.29, 1.82) is 0 Å². The number of para-hydroxylation sites is 1. The van der Waals surface area contributed by atoms with Gasteiger partial charge in [-0.3, -0.25) is 9.59 Å². The van der Waals surface area contributed by atoms with Crippen LogP contribution in [-0.4, -0.2) is 47.9 Å². The van der Waals surface area contributed by atoms with Crippen molar-refractivity contribution in [2.75, 3.05) is 20.2 Å². The number of methoxy groups -OCH3 is 1. The lowest BCUT2D eigenvalue weighted by Gasteiger charge is -2.27. The van der Waals surface area contributed by atoms with Gasteiger partial charge in [0.1, 0.15) is 17.0 Å². The number of benzene rings is 2. The highest BCUT2D eigenvalue weighted by atomic mass is 32.1. The summed E-state index contributed by atoms with van der Waals surface area (Å²) in [5, 5.41) is 4.69. The molecular weight excluding hydrogens is 462 g/mol. The molecule has 1 aliphatic carbocycles.